The van der Waals surface area contributed by atoms with E-state index in [-0.39, 0.29) is 11.8 Å². The van der Waals surface area contributed by atoms with E-state index in [1.807, 2.05) is 65.6 Å². The molecule has 0 bridgehead atoms. The standard InChI is InChI=1S/C31H37NO2/c1-24(2)26-18-16-25(17-19-26)10-9-15-30(33)32-22-20-29(21-23-32)31(34,27-11-5-3-6-12-27)28-13-7-4-8-14-28/h3-8,11-14,16-19,24,29,34H,9-10,15,20-23H2,1-2H3. The number of hydrogen-bond acceptors (Lipinski definition) is 2. The van der Waals surface area contributed by atoms with Crippen LogP contribution in [0.5, 0.6) is 0 Å². The first-order valence-electron chi connectivity index (χ1n) is 12.7. The molecule has 1 fully saturated rings. The van der Waals surface area contributed by atoms with Crippen molar-refractivity contribution >= 4 is 5.91 Å². The monoisotopic (exact) mass is 455 g/mol. The summed E-state index contributed by atoms with van der Waals surface area (Å²) >= 11 is 0. The second-order valence-electron chi connectivity index (χ2n) is 9.90. The molecular formula is C31H37NO2. The van der Waals surface area contributed by atoms with Gasteiger partial charge in [0.15, 0.2) is 0 Å². The van der Waals surface area contributed by atoms with E-state index < -0.39 is 5.60 Å². The fourth-order valence-electron chi connectivity index (χ4n) is 5.24. The molecule has 0 unspecified atom stereocenters. The van der Waals surface area contributed by atoms with Crippen molar-refractivity contribution in [1.29, 1.82) is 0 Å². The highest BCUT2D eigenvalue weighted by molar-refractivity contribution is 5.76. The Hall–Kier alpha value is -2.91. The molecule has 1 N–H and O–H groups in total. The summed E-state index contributed by atoms with van der Waals surface area (Å²) in [5, 5.41) is 12.0. The molecule has 178 valence electrons. The van der Waals surface area contributed by atoms with Crippen LogP contribution in [0, 0.1) is 5.92 Å². The molecule has 3 aromatic rings. The molecule has 0 saturated carbocycles. The average Bonchev–Trinajstić information content (AvgIpc) is 2.89. The highest BCUT2D eigenvalue weighted by atomic mass is 16.3. The number of rotatable bonds is 8. The van der Waals surface area contributed by atoms with Crippen molar-refractivity contribution < 1.29 is 9.90 Å². The fraction of sp³-hybridized carbons (Fsp3) is 0.387. The third-order valence-electron chi connectivity index (χ3n) is 7.37. The summed E-state index contributed by atoms with van der Waals surface area (Å²) in [5.41, 5.74) is 3.46. The van der Waals surface area contributed by atoms with Gasteiger partial charge >= 0.3 is 0 Å². The maximum absolute atomic E-state index is 12.9. The molecule has 0 radical (unpaired) electrons. The van der Waals surface area contributed by atoms with Crippen molar-refractivity contribution in [2.45, 2.75) is 57.5 Å². The largest absolute Gasteiger partial charge is 0.380 e. The first-order chi connectivity index (χ1) is 16.5. The van der Waals surface area contributed by atoms with Crippen molar-refractivity contribution in [3.63, 3.8) is 0 Å². The Balaban J connectivity index is 1.34. The van der Waals surface area contributed by atoms with Gasteiger partial charge in [0.1, 0.15) is 5.60 Å². The minimum Gasteiger partial charge on any atom is -0.380 e. The van der Waals surface area contributed by atoms with Crippen LogP contribution < -0.4 is 0 Å². The molecule has 0 atom stereocenters. The van der Waals surface area contributed by atoms with Gasteiger partial charge < -0.3 is 10.0 Å². The Bertz CT molecular complexity index is 996. The predicted octanol–water partition coefficient (Wildman–Crippen LogP) is 6.31. The number of carbonyl (C=O) groups excluding carboxylic acids is 1. The molecule has 1 aliphatic heterocycles. The summed E-state index contributed by atoms with van der Waals surface area (Å²) in [7, 11) is 0. The van der Waals surface area contributed by atoms with E-state index in [2.05, 4.69) is 38.1 Å². The zero-order valence-corrected chi connectivity index (χ0v) is 20.5. The highest BCUT2D eigenvalue weighted by Gasteiger charge is 2.41. The molecule has 1 aliphatic rings. The molecule has 3 nitrogen and oxygen atoms in total. The minimum atomic E-state index is -1.04. The van der Waals surface area contributed by atoms with Gasteiger partial charge in [-0.3, -0.25) is 4.79 Å². The van der Waals surface area contributed by atoms with E-state index in [1.165, 1.54) is 11.1 Å². The number of aryl methyl sites for hydroxylation is 1. The van der Waals surface area contributed by atoms with Gasteiger partial charge in [-0.2, -0.15) is 0 Å². The van der Waals surface area contributed by atoms with Crippen molar-refractivity contribution in [3.05, 3.63) is 107 Å². The van der Waals surface area contributed by atoms with Crippen LogP contribution in [-0.2, 0) is 16.8 Å². The Labute approximate surface area is 204 Å². The van der Waals surface area contributed by atoms with E-state index >= 15 is 0 Å². The number of likely N-dealkylation sites (tertiary alicyclic amines) is 1. The van der Waals surface area contributed by atoms with Crippen LogP contribution in [0.4, 0.5) is 0 Å². The minimum absolute atomic E-state index is 0.0702. The Morgan fingerprint density at radius 3 is 1.91 bits per heavy atom. The van der Waals surface area contributed by atoms with E-state index in [9.17, 15) is 9.90 Å². The summed E-state index contributed by atoms with van der Waals surface area (Å²) in [4.78, 5) is 14.9. The van der Waals surface area contributed by atoms with E-state index in [1.54, 1.807) is 0 Å². The number of hydrogen-bond donors (Lipinski definition) is 1. The molecule has 4 rings (SSSR count). The van der Waals surface area contributed by atoms with E-state index in [0.717, 1.165) is 36.8 Å². The lowest BCUT2D eigenvalue weighted by Gasteiger charge is -2.42. The topological polar surface area (TPSA) is 40.5 Å². The number of carbonyl (C=O) groups is 1. The van der Waals surface area contributed by atoms with Crippen LogP contribution in [0.2, 0.25) is 0 Å². The molecule has 3 aromatic carbocycles. The fourth-order valence-corrected chi connectivity index (χ4v) is 5.24. The summed E-state index contributed by atoms with van der Waals surface area (Å²) in [6.45, 7) is 5.82. The third-order valence-corrected chi connectivity index (χ3v) is 7.37. The van der Waals surface area contributed by atoms with Gasteiger partial charge in [0.2, 0.25) is 5.91 Å². The molecule has 3 heteroatoms. The highest BCUT2D eigenvalue weighted by Crippen LogP contribution is 2.42. The van der Waals surface area contributed by atoms with Crippen LogP contribution in [0.15, 0.2) is 84.9 Å². The van der Waals surface area contributed by atoms with Gasteiger partial charge in [-0.25, -0.2) is 0 Å². The van der Waals surface area contributed by atoms with Crippen LogP contribution in [0.1, 0.15) is 67.7 Å². The van der Waals surface area contributed by atoms with Crippen LogP contribution in [-0.4, -0.2) is 29.0 Å². The quantitative estimate of drug-likeness (QED) is 0.432. The Morgan fingerprint density at radius 1 is 0.882 bits per heavy atom. The number of nitrogens with zero attached hydrogens (tertiary/aromatic N) is 1. The van der Waals surface area contributed by atoms with E-state index in [0.29, 0.717) is 25.4 Å². The van der Waals surface area contributed by atoms with Crippen LogP contribution in [0.3, 0.4) is 0 Å². The lowest BCUT2D eigenvalue weighted by Crippen LogP contribution is -2.46. The molecule has 0 spiro atoms. The Morgan fingerprint density at radius 2 is 1.41 bits per heavy atom. The number of amides is 1. The molecule has 1 saturated heterocycles. The summed E-state index contributed by atoms with van der Waals surface area (Å²) in [5.74, 6) is 0.848. The number of piperidine rings is 1. The van der Waals surface area contributed by atoms with Crippen molar-refractivity contribution in [2.75, 3.05) is 13.1 Å². The van der Waals surface area contributed by atoms with Gasteiger partial charge in [0.05, 0.1) is 0 Å². The van der Waals surface area contributed by atoms with Crippen LogP contribution >= 0.6 is 0 Å². The zero-order chi connectivity index (χ0) is 24.0. The number of benzene rings is 3. The molecule has 1 heterocycles. The molecule has 34 heavy (non-hydrogen) atoms. The summed E-state index contributed by atoms with van der Waals surface area (Å²) < 4.78 is 0. The molecule has 1 amide bonds. The van der Waals surface area contributed by atoms with Crippen LogP contribution in [0.25, 0.3) is 0 Å². The lowest BCUT2D eigenvalue weighted by molar-refractivity contribution is -0.134. The molecule has 0 aliphatic carbocycles. The SMILES string of the molecule is CC(C)c1ccc(CCCC(=O)N2CCC(C(O)(c3ccccc3)c3ccccc3)CC2)cc1. The predicted molar refractivity (Wildman–Crippen MR) is 139 cm³/mol. The first kappa shape index (κ1) is 24.2. The smallest absolute Gasteiger partial charge is 0.222 e. The second kappa shape index (κ2) is 11.0. The third kappa shape index (κ3) is 5.42. The average molecular weight is 456 g/mol. The van der Waals surface area contributed by atoms with Gasteiger partial charge in [-0.05, 0) is 59.8 Å². The first-order valence-corrected chi connectivity index (χ1v) is 12.7. The number of aliphatic hydroxyl groups is 1. The van der Waals surface area contributed by atoms with Gasteiger partial charge in [-0.1, -0.05) is 98.8 Å². The molecule has 0 aromatic heterocycles. The van der Waals surface area contributed by atoms with Crippen molar-refractivity contribution in [2.24, 2.45) is 5.92 Å². The summed E-state index contributed by atoms with van der Waals surface area (Å²) in [6, 6.07) is 28.7. The second-order valence-corrected chi connectivity index (χ2v) is 9.90. The summed E-state index contributed by atoms with van der Waals surface area (Å²) in [6.07, 6.45) is 3.98. The molecular weight excluding hydrogens is 418 g/mol. The van der Waals surface area contributed by atoms with Gasteiger partial charge in [0.25, 0.3) is 0 Å². The van der Waals surface area contributed by atoms with Crippen molar-refractivity contribution in [1.82, 2.24) is 4.90 Å². The van der Waals surface area contributed by atoms with Crippen molar-refractivity contribution in [3.8, 4) is 0 Å². The maximum atomic E-state index is 12.9. The van der Waals surface area contributed by atoms with Gasteiger partial charge in [0, 0.05) is 19.5 Å². The normalized spacial score (nSPS) is 15.0. The van der Waals surface area contributed by atoms with E-state index in [4.69, 9.17) is 0 Å². The maximum Gasteiger partial charge on any atom is 0.222 e. The zero-order valence-electron chi connectivity index (χ0n) is 20.5. The lowest BCUT2D eigenvalue weighted by atomic mass is 9.72. The Kier molecular flexibility index (Phi) is 7.84. The van der Waals surface area contributed by atoms with Gasteiger partial charge in [-0.15, -0.1) is 0 Å².